The Morgan fingerprint density at radius 1 is 0.909 bits per heavy atom. The van der Waals surface area contributed by atoms with Gasteiger partial charge >= 0.3 is 7.60 Å². The first-order valence-corrected chi connectivity index (χ1v) is 15.4. The topological polar surface area (TPSA) is 160 Å². The van der Waals surface area contributed by atoms with Crippen LogP contribution in [0, 0.1) is 6.92 Å². The van der Waals surface area contributed by atoms with Gasteiger partial charge in [-0.15, -0.1) is 0 Å². The molecular formula is C29H32N7O7P. The van der Waals surface area contributed by atoms with Crippen LogP contribution in [0.2, 0.25) is 0 Å². The molecule has 15 heteroatoms. The maximum absolute atomic E-state index is 12.9. The van der Waals surface area contributed by atoms with Gasteiger partial charge in [0.2, 0.25) is 5.91 Å². The molecule has 2 aromatic carbocycles. The van der Waals surface area contributed by atoms with E-state index in [0.717, 1.165) is 5.56 Å². The Balaban J connectivity index is 1.43. The Hall–Kier alpha value is -4.78. The van der Waals surface area contributed by atoms with Crippen LogP contribution in [0.15, 0.2) is 55.2 Å². The smallest absolute Gasteiger partial charge is 0.340 e. The maximum Gasteiger partial charge on any atom is 0.340 e. The molecule has 0 fully saturated rings. The molecule has 0 unspecified atom stereocenters. The van der Waals surface area contributed by atoms with Gasteiger partial charge in [-0.1, -0.05) is 0 Å². The number of hydrogen-bond donors (Lipinski definition) is 2. The minimum Gasteiger partial charge on any atom is -0.494 e. The van der Waals surface area contributed by atoms with Crippen molar-refractivity contribution >= 4 is 47.2 Å². The van der Waals surface area contributed by atoms with Crippen LogP contribution >= 0.6 is 7.60 Å². The first kappa shape index (κ1) is 30.7. The Kier molecular flexibility index (Phi) is 9.23. The molecule has 0 radical (unpaired) electrons. The molecule has 3 aromatic heterocycles. The molecule has 5 rings (SSSR count). The Bertz CT molecular complexity index is 1850. The molecule has 0 saturated heterocycles. The molecule has 0 aliphatic rings. The van der Waals surface area contributed by atoms with Crippen molar-refractivity contribution in [1.82, 2.24) is 24.6 Å². The lowest BCUT2D eigenvalue weighted by molar-refractivity contribution is -0.114. The Labute approximate surface area is 253 Å². The molecular weight excluding hydrogens is 589 g/mol. The van der Waals surface area contributed by atoms with Crippen LogP contribution in [-0.2, 0) is 18.4 Å². The van der Waals surface area contributed by atoms with E-state index in [1.807, 2.05) is 13.0 Å². The van der Waals surface area contributed by atoms with Crippen molar-refractivity contribution in [1.29, 1.82) is 0 Å². The van der Waals surface area contributed by atoms with E-state index < -0.39 is 19.7 Å². The number of fused-ring (bicyclic) bond motifs is 2. The van der Waals surface area contributed by atoms with Crippen molar-refractivity contribution in [3.8, 4) is 23.0 Å². The minimum atomic E-state index is -3.61. The number of carbonyl (C=O) groups excluding carboxylic acids is 1. The molecule has 1 amide bonds. The average molecular weight is 622 g/mol. The fraction of sp³-hybridized carbons (Fsp3) is 0.276. The van der Waals surface area contributed by atoms with Gasteiger partial charge in [-0.25, -0.2) is 19.5 Å². The summed E-state index contributed by atoms with van der Waals surface area (Å²) in [6.07, 6.45) is 4.20. The van der Waals surface area contributed by atoms with Crippen molar-refractivity contribution in [2.45, 2.75) is 20.8 Å². The lowest BCUT2D eigenvalue weighted by Gasteiger charge is -2.18. The van der Waals surface area contributed by atoms with Gasteiger partial charge in [0.25, 0.3) is 0 Å². The lowest BCUT2D eigenvalue weighted by Crippen LogP contribution is -2.18. The van der Waals surface area contributed by atoms with E-state index in [2.05, 4.69) is 30.7 Å². The van der Waals surface area contributed by atoms with E-state index in [4.69, 9.17) is 23.3 Å². The van der Waals surface area contributed by atoms with Crippen molar-refractivity contribution in [2.24, 2.45) is 0 Å². The van der Waals surface area contributed by atoms with Crippen LogP contribution in [0.25, 0.3) is 16.6 Å². The molecule has 2 N–H and O–H groups in total. The second-order valence-electron chi connectivity index (χ2n) is 9.41. The number of aromatic nitrogens is 5. The second kappa shape index (κ2) is 13.2. The fourth-order valence-corrected chi connectivity index (χ4v) is 5.97. The van der Waals surface area contributed by atoms with E-state index >= 15 is 0 Å². The van der Waals surface area contributed by atoms with Gasteiger partial charge in [0.05, 0.1) is 44.3 Å². The summed E-state index contributed by atoms with van der Waals surface area (Å²) in [5.41, 5.74) is 3.01. The highest BCUT2D eigenvalue weighted by Crippen LogP contribution is 2.48. The number of aryl methyl sites for hydroxylation is 1. The SMILES string of the molecule is CCOP(=O)(CC(=O)Nc1cc2c(Nc3cc(C)c(Oc4ccn5ncnc5c4)cc3OC)ncnc2cc1OC)OCC. The van der Waals surface area contributed by atoms with Gasteiger partial charge < -0.3 is 33.9 Å². The number of methoxy groups -OCH3 is 2. The number of pyridine rings is 1. The maximum atomic E-state index is 12.9. The van der Waals surface area contributed by atoms with Crippen LogP contribution < -0.4 is 24.8 Å². The highest BCUT2D eigenvalue weighted by atomic mass is 31.2. The highest BCUT2D eigenvalue weighted by Gasteiger charge is 2.28. The fourth-order valence-electron chi connectivity index (χ4n) is 4.50. The van der Waals surface area contributed by atoms with Crippen LogP contribution in [-0.4, -0.2) is 64.1 Å². The zero-order chi connectivity index (χ0) is 31.3. The molecule has 0 bridgehead atoms. The van der Waals surface area contributed by atoms with E-state index in [1.165, 1.54) is 19.8 Å². The third-order valence-electron chi connectivity index (χ3n) is 6.45. The zero-order valence-electron chi connectivity index (χ0n) is 24.9. The summed E-state index contributed by atoms with van der Waals surface area (Å²) in [4.78, 5) is 25.9. The average Bonchev–Trinajstić information content (AvgIpc) is 3.46. The van der Waals surface area contributed by atoms with Gasteiger partial charge in [-0.05, 0) is 44.5 Å². The van der Waals surface area contributed by atoms with E-state index in [0.29, 0.717) is 56.7 Å². The zero-order valence-corrected chi connectivity index (χ0v) is 25.8. The van der Waals surface area contributed by atoms with Crippen LogP contribution in [0.3, 0.4) is 0 Å². The summed E-state index contributed by atoms with van der Waals surface area (Å²) in [6.45, 7) is 5.56. The van der Waals surface area contributed by atoms with Crippen molar-refractivity contribution < 1.29 is 32.6 Å². The molecule has 0 spiro atoms. The lowest BCUT2D eigenvalue weighted by atomic mass is 10.1. The number of rotatable bonds is 13. The van der Waals surface area contributed by atoms with Crippen molar-refractivity contribution in [3.05, 3.63) is 60.8 Å². The van der Waals surface area contributed by atoms with Crippen LogP contribution in [0.1, 0.15) is 19.4 Å². The Morgan fingerprint density at radius 2 is 1.66 bits per heavy atom. The number of nitrogens with one attached hydrogen (secondary N) is 2. The third kappa shape index (κ3) is 6.72. The normalized spacial score (nSPS) is 11.5. The number of ether oxygens (including phenoxy) is 3. The molecule has 0 aliphatic carbocycles. The van der Waals surface area contributed by atoms with Crippen molar-refractivity contribution in [3.63, 3.8) is 0 Å². The van der Waals surface area contributed by atoms with Crippen LogP contribution in [0.4, 0.5) is 17.2 Å². The summed E-state index contributed by atoms with van der Waals surface area (Å²) >= 11 is 0. The van der Waals surface area contributed by atoms with E-state index in [1.54, 1.807) is 62.0 Å². The molecule has 0 atom stereocenters. The van der Waals surface area contributed by atoms with Gasteiger partial charge in [0.15, 0.2) is 5.65 Å². The van der Waals surface area contributed by atoms with Gasteiger partial charge in [-0.3, -0.25) is 9.36 Å². The number of hydrogen-bond acceptors (Lipinski definition) is 12. The second-order valence-corrected chi connectivity index (χ2v) is 11.5. The number of nitrogens with zero attached hydrogens (tertiary/aromatic N) is 5. The molecule has 3 heterocycles. The van der Waals surface area contributed by atoms with Gasteiger partial charge in [-0.2, -0.15) is 5.10 Å². The highest BCUT2D eigenvalue weighted by molar-refractivity contribution is 7.54. The number of amides is 1. The molecule has 0 aliphatic heterocycles. The molecule has 44 heavy (non-hydrogen) atoms. The molecule has 0 saturated carbocycles. The standard InChI is InChI=1S/C29H32N7O7P/c1-6-41-44(38,42-7-2)15-28(37)34-23-12-20-21(13-25(23)39-4)30-16-32-29(20)35-22-10-18(3)24(14-26(22)40-5)43-19-8-9-36-27(11-19)31-17-33-36/h8-14,16-17H,6-7,15H2,1-5H3,(H,34,37)(H,30,32,35). The minimum absolute atomic E-state index is 0.144. The summed E-state index contributed by atoms with van der Waals surface area (Å²) in [5.74, 6) is 1.94. The van der Waals surface area contributed by atoms with E-state index in [-0.39, 0.29) is 13.2 Å². The van der Waals surface area contributed by atoms with E-state index in [9.17, 15) is 9.36 Å². The number of anilines is 3. The first-order chi connectivity index (χ1) is 21.2. The molecule has 230 valence electrons. The van der Waals surface area contributed by atoms with Gasteiger partial charge in [0, 0.05) is 29.8 Å². The summed E-state index contributed by atoms with van der Waals surface area (Å²) < 4.78 is 42.4. The van der Waals surface area contributed by atoms with Crippen LogP contribution in [0.5, 0.6) is 23.0 Å². The predicted molar refractivity (Wildman–Crippen MR) is 165 cm³/mol. The summed E-state index contributed by atoms with van der Waals surface area (Å²) in [7, 11) is -0.576. The summed E-state index contributed by atoms with van der Waals surface area (Å²) in [6, 6.07) is 10.6. The molecule has 5 aromatic rings. The largest absolute Gasteiger partial charge is 0.494 e. The Morgan fingerprint density at radius 3 is 2.39 bits per heavy atom. The van der Waals surface area contributed by atoms with Gasteiger partial charge in [0.1, 0.15) is 47.6 Å². The third-order valence-corrected chi connectivity index (χ3v) is 8.43. The number of benzene rings is 2. The molecule has 14 nitrogen and oxygen atoms in total. The van der Waals surface area contributed by atoms with Crippen molar-refractivity contribution in [2.75, 3.05) is 44.2 Å². The predicted octanol–water partition coefficient (Wildman–Crippen LogP) is 5.74. The monoisotopic (exact) mass is 621 g/mol. The number of carbonyl (C=O) groups is 1. The summed E-state index contributed by atoms with van der Waals surface area (Å²) in [5, 5.41) is 10.8. The quantitative estimate of drug-likeness (QED) is 0.154. The first-order valence-electron chi connectivity index (χ1n) is 13.7.